The Kier molecular flexibility index (Phi) is 6.06. The Hall–Kier alpha value is -3.33. The second-order valence-corrected chi connectivity index (χ2v) is 6.01. The Bertz CT molecular complexity index is 883. The molecule has 1 amide bonds. The summed E-state index contributed by atoms with van der Waals surface area (Å²) in [4.78, 5) is 24.8. The molecule has 0 bridgehead atoms. The van der Waals surface area contributed by atoms with Crippen molar-refractivity contribution in [2.75, 3.05) is 18.5 Å². The maximum Gasteiger partial charge on any atom is 0.251 e. The molecule has 0 saturated heterocycles. The van der Waals surface area contributed by atoms with E-state index in [0.717, 1.165) is 5.56 Å². The number of carbonyl (C=O) groups excluding carboxylic acids is 1. The molecule has 3 rings (SSSR count). The summed E-state index contributed by atoms with van der Waals surface area (Å²) >= 11 is 0. The molecular formula is C18H21N7O2. The number of anilines is 1. The van der Waals surface area contributed by atoms with Gasteiger partial charge in [0.25, 0.3) is 5.91 Å². The highest BCUT2D eigenvalue weighted by Crippen LogP contribution is 2.20. The van der Waals surface area contributed by atoms with Crippen molar-refractivity contribution >= 4 is 11.7 Å². The molecule has 0 aliphatic carbocycles. The predicted molar refractivity (Wildman–Crippen MR) is 100.0 cm³/mol. The third kappa shape index (κ3) is 5.08. The fourth-order valence-electron chi connectivity index (χ4n) is 2.58. The Labute approximate surface area is 156 Å². The average molecular weight is 367 g/mol. The quantitative estimate of drug-likeness (QED) is 0.543. The molecule has 0 spiro atoms. The van der Waals surface area contributed by atoms with Crippen molar-refractivity contribution < 1.29 is 9.90 Å². The van der Waals surface area contributed by atoms with Gasteiger partial charge in [0.1, 0.15) is 24.8 Å². The number of aromatic nitrogens is 5. The molecule has 140 valence electrons. The molecular weight excluding hydrogens is 346 g/mol. The first-order valence-corrected chi connectivity index (χ1v) is 8.56. The highest BCUT2D eigenvalue weighted by atomic mass is 16.3. The van der Waals surface area contributed by atoms with Gasteiger partial charge >= 0.3 is 0 Å². The van der Waals surface area contributed by atoms with Gasteiger partial charge in [-0.15, -0.1) is 0 Å². The number of aliphatic hydroxyl groups excluding tert-OH is 1. The fraction of sp³-hybridized carbons (Fsp3) is 0.278. The van der Waals surface area contributed by atoms with Gasteiger partial charge in [-0.1, -0.05) is 12.1 Å². The normalized spacial score (nSPS) is 11.8. The van der Waals surface area contributed by atoms with Gasteiger partial charge in [-0.2, -0.15) is 5.10 Å². The number of nitrogens with one attached hydrogen (secondary N) is 2. The van der Waals surface area contributed by atoms with E-state index in [-0.39, 0.29) is 18.6 Å². The van der Waals surface area contributed by atoms with Crippen molar-refractivity contribution in [1.82, 2.24) is 30.0 Å². The molecule has 0 unspecified atom stereocenters. The lowest BCUT2D eigenvalue weighted by atomic mass is 10.1. The van der Waals surface area contributed by atoms with Gasteiger partial charge < -0.3 is 15.7 Å². The molecule has 3 aromatic rings. The van der Waals surface area contributed by atoms with Crippen molar-refractivity contribution in [3.8, 4) is 11.3 Å². The van der Waals surface area contributed by atoms with Gasteiger partial charge in [-0.05, 0) is 19.1 Å². The smallest absolute Gasteiger partial charge is 0.251 e. The minimum absolute atomic E-state index is 0.0156. The Balaban J connectivity index is 1.70. The Morgan fingerprint density at radius 3 is 2.93 bits per heavy atom. The molecule has 0 fully saturated rings. The van der Waals surface area contributed by atoms with E-state index in [4.69, 9.17) is 5.11 Å². The monoisotopic (exact) mass is 367 g/mol. The molecule has 9 nitrogen and oxygen atoms in total. The predicted octanol–water partition coefficient (Wildman–Crippen LogP) is 0.958. The zero-order chi connectivity index (χ0) is 19.1. The topological polar surface area (TPSA) is 118 Å². The van der Waals surface area contributed by atoms with Crippen LogP contribution in [0.1, 0.15) is 17.3 Å². The van der Waals surface area contributed by atoms with Gasteiger partial charge in [0.15, 0.2) is 0 Å². The molecule has 0 aliphatic heterocycles. The standard InChI is InChI=1S/C18H21N7O2/c1-13(9-25-12-19-10-23-25)24-18(27)15-4-2-3-14(7-15)16-8-17(20-5-6-26)22-11-21-16/h2-4,7-8,10-13,26H,5-6,9H2,1H3,(H,24,27)(H,20,21,22)/t13-/m0/s1. The van der Waals surface area contributed by atoms with E-state index in [1.54, 1.807) is 29.2 Å². The first-order chi connectivity index (χ1) is 13.2. The van der Waals surface area contributed by atoms with Gasteiger partial charge in [0.2, 0.25) is 0 Å². The number of amides is 1. The number of carbonyl (C=O) groups is 1. The van der Waals surface area contributed by atoms with Gasteiger partial charge in [0, 0.05) is 29.8 Å². The van der Waals surface area contributed by atoms with Crippen LogP contribution in [0, 0.1) is 0 Å². The van der Waals surface area contributed by atoms with Crippen LogP contribution in [0.5, 0.6) is 0 Å². The first kappa shape index (κ1) is 18.5. The summed E-state index contributed by atoms with van der Waals surface area (Å²) in [5, 5.41) is 18.9. The maximum atomic E-state index is 12.5. The number of nitrogens with zero attached hydrogens (tertiary/aromatic N) is 5. The lowest BCUT2D eigenvalue weighted by Gasteiger charge is -2.14. The van der Waals surface area contributed by atoms with Crippen LogP contribution in [0.4, 0.5) is 5.82 Å². The average Bonchev–Trinajstić information content (AvgIpc) is 3.19. The third-order valence-corrected chi connectivity index (χ3v) is 3.81. The zero-order valence-electron chi connectivity index (χ0n) is 14.9. The summed E-state index contributed by atoms with van der Waals surface area (Å²) in [5.41, 5.74) is 2.04. The fourth-order valence-corrected chi connectivity index (χ4v) is 2.58. The van der Waals surface area contributed by atoms with Crippen LogP contribution >= 0.6 is 0 Å². The minimum Gasteiger partial charge on any atom is -0.395 e. The van der Waals surface area contributed by atoms with E-state index >= 15 is 0 Å². The second kappa shape index (κ2) is 8.86. The molecule has 1 atom stereocenters. The Morgan fingerprint density at radius 1 is 1.26 bits per heavy atom. The van der Waals surface area contributed by atoms with E-state index in [9.17, 15) is 4.79 Å². The van der Waals surface area contributed by atoms with E-state index in [1.165, 1.54) is 12.7 Å². The summed E-state index contributed by atoms with van der Waals surface area (Å²) in [6.45, 7) is 2.87. The molecule has 9 heteroatoms. The van der Waals surface area contributed by atoms with E-state index in [0.29, 0.717) is 30.2 Å². The zero-order valence-corrected chi connectivity index (χ0v) is 14.9. The van der Waals surface area contributed by atoms with Gasteiger partial charge in [-0.3, -0.25) is 9.48 Å². The van der Waals surface area contributed by atoms with Crippen LogP contribution < -0.4 is 10.6 Å². The van der Waals surface area contributed by atoms with Crippen LogP contribution in [-0.2, 0) is 6.54 Å². The number of rotatable bonds is 8. The molecule has 2 aromatic heterocycles. The van der Waals surface area contributed by atoms with E-state index < -0.39 is 0 Å². The highest BCUT2D eigenvalue weighted by molar-refractivity contribution is 5.95. The van der Waals surface area contributed by atoms with Crippen molar-refractivity contribution in [1.29, 1.82) is 0 Å². The minimum atomic E-state index is -0.169. The highest BCUT2D eigenvalue weighted by Gasteiger charge is 2.12. The molecule has 27 heavy (non-hydrogen) atoms. The molecule has 0 saturated carbocycles. The lowest BCUT2D eigenvalue weighted by Crippen LogP contribution is -2.35. The number of hydrogen-bond acceptors (Lipinski definition) is 7. The lowest BCUT2D eigenvalue weighted by molar-refractivity contribution is 0.0936. The second-order valence-electron chi connectivity index (χ2n) is 6.01. The summed E-state index contributed by atoms with van der Waals surface area (Å²) in [7, 11) is 0. The largest absolute Gasteiger partial charge is 0.395 e. The summed E-state index contributed by atoms with van der Waals surface area (Å²) < 4.78 is 1.67. The SMILES string of the molecule is C[C@@H](Cn1cncn1)NC(=O)c1cccc(-c2cc(NCCO)ncn2)c1. The van der Waals surface area contributed by atoms with Crippen LogP contribution in [0.2, 0.25) is 0 Å². The van der Waals surface area contributed by atoms with Crippen molar-refractivity contribution in [2.24, 2.45) is 0 Å². The van der Waals surface area contributed by atoms with Crippen molar-refractivity contribution in [3.63, 3.8) is 0 Å². The van der Waals surface area contributed by atoms with Gasteiger partial charge in [-0.25, -0.2) is 15.0 Å². The van der Waals surface area contributed by atoms with Gasteiger partial charge in [0.05, 0.1) is 18.8 Å². The third-order valence-electron chi connectivity index (χ3n) is 3.81. The maximum absolute atomic E-state index is 12.5. The first-order valence-electron chi connectivity index (χ1n) is 8.56. The summed E-state index contributed by atoms with van der Waals surface area (Å²) in [6, 6.07) is 8.92. The van der Waals surface area contributed by atoms with Crippen LogP contribution in [0.3, 0.4) is 0 Å². The number of hydrogen-bond donors (Lipinski definition) is 3. The van der Waals surface area contributed by atoms with Crippen LogP contribution in [0.15, 0.2) is 49.3 Å². The molecule has 0 radical (unpaired) electrons. The molecule has 0 aliphatic rings. The number of benzene rings is 1. The molecule has 3 N–H and O–H groups in total. The van der Waals surface area contributed by atoms with Crippen molar-refractivity contribution in [2.45, 2.75) is 19.5 Å². The van der Waals surface area contributed by atoms with Crippen molar-refractivity contribution in [3.05, 3.63) is 54.9 Å². The van der Waals surface area contributed by atoms with Crippen LogP contribution in [0.25, 0.3) is 11.3 Å². The summed E-state index contributed by atoms with van der Waals surface area (Å²) in [6.07, 6.45) is 4.52. The molecule has 2 heterocycles. The summed E-state index contributed by atoms with van der Waals surface area (Å²) in [5.74, 6) is 0.447. The van der Waals surface area contributed by atoms with E-state index in [1.807, 2.05) is 19.1 Å². The van der Waals surface area contributed by atoms with E-state index in [2.05, 4.69) is 30.7 Å². The molecule has 1 aromatic carbocycles. The Morgan fingerprint density at radius 2 is 2.15 bits per heavy atom. The van der Waals surface area contributed by atoms with Crippen LogP contribution in [-0.4, -0.2) is 54.9 Å². The number of aliphatic hydroxyl groups is 1.